The van der Waals surface area contributed by atoms with Crippen molar-refractivity contribution in [1.29, 1.82) is 5.26 Å². The molecule has 1 atom stereocenters. The summed E-state index contributed by atoms with van der Waals surface area (Å²) in [4.78, 5) is 13.4. The molecule has 3 aromatic rings. The second kappa shape index (κ2) is 9.60. The van der Waals surface area contributed by atoms with E-state index in [1.54, 1.807) is 6.07 Å². The molecular weight excluding hydrogens is 417 g/mol. The lowest BCUT2D eigenvalue weighted by molar-refractivity contribution is -0.127. The summed E-state index contributed by atoms with van der Waals surface area (Å²) in [7, 11) is 1.44. The van der Waals surface area contributed by atoms with Gasteiger partial charge < -0.3 is 15.4 Å². The highest BCUT2D eigenvalue weighted by atomic mass is 19.1. The number of carbonyl (C=O) groups is 1. The molecule has 170 valence electrons. The molecule has 1 amide bonds. The number of nitrogens with one attached hydrogen (secondary N) is 2. The van der Waals surface area contributed by atoms with Crippen molar-refractivity contribution in [3.05, 3.63) is 77.1 Å². The number of nitriles is 1. The van der Waals surface area contributed by atoms with Crippen LogP contribution in [0.5, 0.6) is 5.75 Å². The molecule has 6 heteroatoms. The number of benzene rings is 3. The van der Waals surface area contributed by atoms with Gasteiger partial charge in [-0.05, 0) is 72.1 Å². The molecule has 2 N–H and O–H groups in total. The molecule has 1 aliphatic rings. The van der Waals surface area contributed by atoms with Gasteiger partial charge in [0.1, 0.15) is 0 Å². The van der Waals surface area contributed by atoms with Crippen LogP contribution in [0.15, 0.2) is 54.6 Å². The lowest BCUT2D eigenvalue weighted by Crippen LogP contribution is -2.49. The molecule has 0 bridgehead atoms. The average molecular weight is 446 g/mol. The molecular formula is C27H28FN3O2. The van der Waals surface area contributed by atoms with Gasteiger partial charge in [0.05, 0.1) is 18.7 Å². The van der Waals surface area contributed by atoms with Crippen molar-refractivity contribution < 1.29 is 13.9 Å². The van der Waals surface area contributed by atoms with Crippen LogP contribution in [0.1, 0.15) is 36.5 Å². The second-order valence-electron chi connectivity index (χ2n) is 8.66. The van der Waals surface area contributed by atoms with Crippen LogP contribution in [-0.4, -0.2) is 26.1 Å². The highest BCUT2D eigenvalue weighted by Crippen LogP contribution is 2.42. The first kappa shape index (κ1) is 22.8. The molecule has 1 heterocycles. The van der Waals surface area contributed by atoms with Crippen molar-refractivity contribution in [2.45, 2.75) is 31.7 Å². The van der Waals surface area contributed by atoms with Crippen molar-refractivity contribution in [3.63, 3.8) is 0 Å². The van der Waals surface area contributed by atoms with E-state index < -0.39 is 11.2 Å². The predicted molar refractivity (Wildman–Crippen MR) is 126 cm³/mol. The van der Waals surface area contributed by atoms with Crippen molar-refractivity contribution in [2.24, 2.45) is 5.92 Å². The van der Waals surface area contributed by atoms with E-state index in [-0.39, 0.29) is 17.6 Å². The maximum Gasteiger partial charge on any atom is 0.223 e. The Hall–Kier alpha value is -3.43. The minimum absolute atomic E-state index is 0.0837. The van der Waals surface area contributed by atoms with Crippen molar-refractivity contribution >= 4 is 16.7 Å². The Balaban J connectivity index is 1.60. The van der Waals surface area contributed by atoms with Crippen LogP contribution < -0.4 is 15.4 Å². The normalized spacial score (nSPS) is 16.1. The standard InChI is InChI=1S/C27H28FN3O2/c1-18(27(9-11-30-12-10-27)22-7-8-25(33-2)24(28)15-22)26(32)31-17-21-14-19(16-29)13-20-5-3-4-6-23(20)21/h3-8,13-15,18,30H,9-12,17H2,1-2H3,(H,31,32). The van der Waals surface area contributed by atoms with Crippen LogP contribution in [-0.2, 0) is 16.8 Å². The molecule has 1 aliphatic heterocycles. The third kappa shape index (κ3) is 4.42. The average Bonchev–Trinajstić information content (AvgIpc) is 2.86. The second-order valence-corrected chi connectivity index (χ2v) is 8.66. The number of methoxy groups -OCH3 is 1. The number of amides is 1. The smallest absolute Gasteiger partial charge is 0.223 e. The first-order valence-electron chi connectivity index (χ1n) is 11.2. The Bertz CT molecular complexity index is 1210. The quantitative estimate of drug-likeness (QED) is 0.589. The Morgan fingerprint density at radius 2 is 1.97 bits per heavy atom. The number of ether oxygens (including phenoxy) is 1. The van der Waals surface area contributed by atoms with Gasteiger partial charge in [0.2, 0.25) is 5.91 Å². The van der Waals surface area contributed by atoms with E-state index in [9.17, 15) is 14.4 Å². The third-order valence-electron chi connectivity index (χ3n) is 6.97. The Kier molecular flexibility index (Phi) is 6.62. The van der Waals surface area contributed by atoms with Gasteiger partial charge in [0.15, 0.2) is 11.6 Å². The molecule has 0 aromatic heterocycles. The van der Waals surface area contributed by atoms with Crippen molar-refractivity contribution in [1.82, 2.24) is 10.6 Å². The van der Waals surface area contributed by atoms with E-state index >= 15 is 0 Å². The van der Waals surface area contributed by atoms with E-state index in [1.165, 1.54) is 13.2 Å². The molecule has 1 unspecified atom stereocenters. The molecule has 1 saturated heterocycles. The van der Waals surface area contributed by atoms with Crippen molar-refractivity contribution in [3.8, 4) is 11.8 Å². The monoisotopic (exact) mass is 445 g/mol. The molecule has 33 heavy (non-hydrogen) atoms. The highest BCUT2D eigenvalue weighted by molar-refractivity contribution is 5.88. The number of rotatable bonds is 6. The summed E-state index contributed by atoms with van der Waals surface area (Å²) in [5.41, 5.74) is 1.82. The molecule has 0 saturated carbocycles. The summed E-state index contributed by atoms with van der Waals surface area (Å²) < 4.78 is 19.6. The Morgan fingerprint density at radius 3 is 2.67 bits per heavy atom. The van der Waals surface area contributed by atoms with E-state index in [0.717, 1.165) is 47.8 Å². The van der Waals surface area contributed by atoms with Gasteiger partial charge in [0.25, 0.3) is 0 Å². The fourth-order valence-corrected chi connectivity index (χ4v) is 5.01. The van der Waals surface area contributed by atoms with Gasteiger partial charge in [-0.15, -0.1) is 0 Å². The first-order chi connectivity index (χ1) is 16.0. The zero-order valence-corrected chi connectivity index (χ0v) is 19.0. The van der Waals surface area contributed by atoms with Gasteiger partial charge in [-0.2, -0.15) is 5.26 Å². The van der Waals surface area contributed by atoms with Gasteiger partial charge in [0, 0.05) is 17.9 Å². The number of halogens is 1. The summed E-state index contributed by atoms with van der Waals surface area (Å²) in [5, 5.41) is 17.8. The molecule has 4 rings (SSSR count). The van der Waals surface area contributed by atoms with E-state index in [1.807, 2.05) is 49.4 Å². The molecule has 0 aliphatic carbocycles. The van der Waals surface area contributed by atoms with Crippen LogP contribution in [0.25, 0.3) is 10.8 Å². The van der Waals surface area contributed by atoms with Gasteiger partial charge in [-0.1, -0.05) is 37.3 Å². The largest absolute Gasteiger partial charge is 0.494 e. The third-order valence-corrected chi connectivity index (χ3v) is 6.97. The number of hydrogen-bond acceptors (Lipinski definition) is 4. The molecule has 0 spiro atoms. The maximum atomic E-state index is 14.6. The minimum Gasteiger partial charge on any atom is -0.494 e. The lowest BCUT2D eigenvalue weighted by atomic mass is 9.65. The first-order valence-corrected chi connectivity index (χ1v) is 11.2. The SMILES string of the molecule is COc1ccc(C2(C(C)C(=O)NCc3cc(C#N)cc4ccccc34)CCNCC2)cc1F. The number of carbonyl (C=O) groups excluding carboxylic acids is 1. The molecule has 3 aromatic carbocycles. The summed E-state index contributed by atoms with van der Waals surface area (Å²) in [6, 6.07) is 18.7. The zero-order valence-electron chi connectivity index (χ0n) is 19.0. The number of nitrogens with zero attached hydrogens (tertiary/aromatic N) is 1. The Morgan fingerprint density at radius 1 is 1.21 bits per heavy atom. The number of hydrogen-bond donors (Lipinski definition) is 2. The van der Waals surface area contributed by atoms with E-state index in [4.69, 9.17) is 4.74 Å². The van der Waals surface area contributed by atoms with Crippen LogP contribution in [0, 0.1) is 23.1 Å². The van der Waals surface area contributed by atoms with Crippen LogP contribution in [0.3, 0.4) is 0 Å². The van der Waals surface area contributed by atoms with Gasteiger partial charge in [-0.3, -0.25) is 4.79 Å². The van der Waals surface area contributed by atoms with Gasteiger partial charge in [-0.25, -0.2) is 4.39 Å². The maximum absolute atomic E-state index is 14.6. The summed E-state index contributed by atoms with van der Waals surface area (Å²) in [6.07, 6.45) is 1.47. The highest BCUT2D eigenvalue weighted by Gasteiger charge is 2.42. The number of piperidine rings is 1. The van der Waals surface area contributed by atoms with Crippen LogP contribution in [0.4, 0.5) is 4.39 Å². The molecule has 0 radical (unpaired) electrons. The van der Waals surface area contributed by atoms with E-state index in [0.29, 0.717) is 12.1 Å². The summed E-state index contributed by atoms with van der Waals surface area (Å²) in [5.74, 6) is -0.665. The summed E-state index contributed by atoms with van der Waals surface area (Å²) >= 11 is 0. The predicted octanol–water partition coefficient (Wildman–Crippen LogP) is 4.43. The summed E-state index contributed by atoms with van der Waals surface area (Å²) in [6.45, 7) is 3.78. The zero-order chi connectivity index (χ0) is 23.4. The van der Waals surface area contributed by atoms with Crippen LogP contribution >= 0.6 is 0 Å². The van der Waals surface area contributed by atoms with Crippen LogP contribution in [0.2, 0.25) is 0 Å². The fourth-order valence-electron chi connectivity index (χ4n) is 5.01. The number of fused-ring (bicyclic) bond motifs is 1. The molecule has 5 nitrogen and oxygen atoms in total. The fraction of sp³-hybridized carbons (Fsp3) is 0.333. The van der Waals surface area contributed by atoms with Crippen molar-refractivity contribution in [2.75, 3.05) is 20.2 Å². The molecule has 1 fully saturated rings. The van der Waals surface area contributed by atoms with E-state index in [2.05, 4.69) is 16.7 Å². The Labute approximate surface area is 193 Å². The topological polar surface area (TPSA) is 74.1 Å². The van der Waals surface area contributed by atoms with Gasteiger partial charge >= 0.3 is 0 Å². The minimum atomic E-state index is -0.473. The lowest BCUT2D eigenvalue weighted by Gasteiger charge is -2.42.